The lowest BCUT2D eigenvalue weighted by molar-refractivity contribution is -0.118. The largest absolute Gasteiger partial charge is 0.383 e. The monoisotopic (exact) mass is 965 g/mol. The molecule has 1 aliphatic heterocycles. The number of pyridine rings is 4. The number of aryl methyl sites for hydroxylation is 5. The third-order valence-electron chi connectivity index (χ3n) is 11.1. The number of ketones is 1. The first-order valence-electron chi connectivity index (χ1n) is 22.2. The molecule has 72 heavy (non-hydrogen) atoms. The number of H-pyrrole nitrogens is 5. The highest BCUT2D eigenvalue weighted by molar-refractivity contribution is 5.99. The van der Waals surface area contributed by atoms with Crippen molar-refractivity contribution in [2.24, 2.45) is 5.92 Å². The minimum Gasteiger partial charge on any atom is -0.383 e. The van der Waals surface area contributed by atoms with E-state index < -0.39 is 0 Å². The second kappa shape index (κ2) is 23.0. The van der Waals surface area contributed by atoms with Gasteiger partial charge in [-0.3, -0.25) is 44.1 Å². The van der Waals surface area contributed by atoms with Gasteiger partial charge in [0.1, 0.15) is 41.0 Å². The Morgan fingerprint density at radius 3 is 1.60 bits per heavy atom. The number of para-hydroxylation sites is 1. The van der Waals surface area contributed by atoms with E-state index in [-0.39, 0.29) is 44.9 Å². The molecule has 2 unspecified atom stereocenters. The van der Waals surface area contributed by atoms with E-state index in [2.05, 4.69) is 75.8 Å². The topological polar surface area (TPSA) is 309 Å². The Kier molecular flexibility index (Phi) is 16.0. The SMILES string of the molecule is CC1=CNC2C=CC=CC2C1=O.Cc1c[nH]c2ncccc2c1=O.Cc1c[nH]c2ncncc2c1=O.Cc1n[nH]c2ccccc2c1=O.Cc1n[nH]c2ncccc2c1=O.Cc1n[nH]c2ncncc2c1=O. The number of nitrogens with zero attached hydrogens (tertiary/aromatic N) is 9. The molecule has 10 aromatic rings. The Labute approximate surface area is 407 Å². The third-order valence-corrected chi connectivity index (χ3v) is 11.1. The zero-order chi connectivity index (χ0) is 51.3. The fraction of sp³-hybridized carbons (Fsp3) is 0.157. The molecule has 0 saturated heterocycles. The summed E-state index contributed by atoms with van der Waals surface area (Å²) in [4.78, 5) is 97.8. The first-order valence-corrected chi connectivity index (χ1v) is 22.2. The molecule has 0 bridgehead atoms. The minimum absolute atomic E-state index is 0.00403. The van der Waals surface area contributed by atoms with Crippen molar-refractivity contribution in [2.75, 3.05) is 0 Å². The fourth-order valence-electron chi connectivity index (χ4n) is 6.99. The van der Waals surface area contributed by atoms with Crippen LogP contribution in [-0.2, 0) is 4.79 Å². The van der Waals surface area contributed by atoms with E-state index >= 15 is 0 Å². The van der Waals surface area contributed by atoms with Gasteiger partial charge < -0.3 is 15.3 Å². The lowest BCUT2D eigenvalue weighted by Crippen LogP contribution is -2.40. The van der Waals surface area contributed by atoms with E-state index in [1.165, 1.54) is 25.0 Å². The van der Waals surface area contributed by atoms with Crippen molar-refractivity contribution >= 4 is 60.8 Å². The Bertz CT molecular complexity index is 3480. The van der Waals surface area contributed by atoms with Crippen LogP contribution in [-0.4, -0.2) is 82.3 Å². The van der Waals surface area contributed by atoms with Crippen LogP contribution in [0.15, 0.2) is 158 Å². The van der Waals surface area contributed by atoms with Crippen LogP contribution in [0.4, 0.5) is 0 Å². The number of Topliss-reactive ketones (excluding diaryl/α,β-unsaturated/α-hetero) is 1. The number of nitrogens with one attached hydrogen (secondary N) is 6. The van der Waals surface area contributed by atoms with Crippen molar-refractivity contribution in [3.63, 3.8) is 0 Å². The van der Waals surface area contributed by atoms with Crippen molar-refractivity contribution in [1.29, 1.82) is 0 Å². The van der Waals surface area contributed by atoms with Crippen molar-refractivity contribution in [3.8, 4) is 0 Å². The highest BCUT2D eigenvalue weighted by atomic mass is 16.1. The predicted octanol–water partition coefficient (Wildman–Crippen LogP) is 4.91. The molecule has 0 radical (unpaired) electrons. The molecule has 9 aromatic heterocycles. The molecule has 2 aliphatic rings. The molecule has 0 saturated carbocycles. The second-order valence-electron chi connectivity index (χ2n) is 16.1. The standard InChI is InChI=1S/C10H11NO.2C9H8N2O.2C8H7N3O.C7H6N4O/c1-7-6-11-9-5-3-2-4-8(9)10(7)12;1-6-5-11-9-7(8(6)12)3-2-4-10-9;1-6-9(12)7-4-2-3-5-8(7)11-10-6;1-5-2-10-8-6(7(5)12)3-9-4-11-8;1-5-7(12)6-3-2-4-9-8(6)11-10-5;1-4-6(12)5-2-8-3-9-7(5)11-10-4/h2-6,8-9,11H,1H3;2-5H,1H3,(H,10,11,12);2-5H,1H3,(H,11,12);2-4H,1H3,(H,9,10,11,12);2-4H,1H3,(H,9,11,12);2-3H,1H3,(H,8,9,11,12). The van der Waals surface area contributed by atoms with Crippen LogP contribution in [0, 0.1) is 40.5 Å². The second-order valence-corrected chi connectivity index (χ2v) is 16.1. The smallest absolute Gasteiger partial charge is 0.214 e. The van der Waals surface area contributed by atoms with E-state index in [4.69, 9.17) is 0 Å². The lowest BCUT2D eigenvalue weighted by atomic mass is 9.86. The normalized spacial score (nSPS) is 14.1. The van der Waals surface area contributed by atoms with Crippen molar-refractivity contribution in [2.45, 2.75) is 47.6 Å². The average Bonchev–Trinajstić information content (AvgIpc) is 3.42. The van der Waals surface area contributed by atoms with Crippen LogP contribution in [0.1, 0.15) is 35.1 Å². The maximum absolute atomic E-state index is 11.6. The van der Waals surface area contributed by atoms with Gasteiger partial charge in [-0.05, 0) is 77.9 Å². The number of allylic oxidation sites excluding steroid dienone is 3. The number of fused-ring (bicyclic) bond motifs is 6. The van der Waals surface area contributed by atoms with Crippen LogP contribution in [0.2, 0.25) is 0 Å². The number of benzene rings is 1. The summed E-state index contributed by atoms with van der Waals surface area (Å²) in [6, 6.07) is 14.5. The van der Waals surface area contributed by atoms with Crippen molar-refractivity contribution in [3.05, 3.63) is 214 Å². The molecular formula is C51H47N15O6. The number of aromatic nitrogens is 14. The molecule has 21 heteroatoms. The Hall–Kier alpha value is -9.79. The summed E-state index contributed by atoms with van der Waals surface area (Å²) in [7, 11) is 0. The van der Waals surface area contributed by atoms with E-state index in [0.717, 1.165) is 16.7 Å². The first-order chi connectivity index (χ1) is 34.7. The predicted molar refractivity (Wildman–Crippen MR) is 274 cm³/mol. The summed E-state index contributed by atoms with van der Waals surface area (Å²) < 4.78 is 0. The van der Waals surface area contributed by atoms with Crippen LogP contribution in [0.3, 0.4) is 0 Å². The Morgan fingerprint density at radius 2 is 0.944 bits per heavy atom. The number of aromatic amines is 5. The quantitative estimate of drug-likeness (QED) is 0.118. The van der Waals surface area contributed by atoms with E-state index in [1.54, 1.807) is 95.9 Å². The van der Waals surface area contributed by atoms with Crippen molar-refractivity contribution in [1.82, 2.24) is 75.8 Å². The number of carbonyl (C=O) groups excluding carboxylic acids is 1. The summed E-state index contributed by atoms with van der Waals surface area (Å²) in [5, 5.41) is 25.8. The maximum Gasteiger partial charge on any atom is 0.214 e. The van der Waals surface area contributed by atoms with Crippen LogP contribution < -0.4 is 32.5 Å². The lowest BCUT2D eigenvalue weighted by Gasteiger charge is -2.27. The molecule has 21 nitrogen and oxygen atoms in total. The summed E-state index contributed by atoms with van der Waals surface area (Å²) >= 11 is 0. The van der Waals surface area contributed by atoms with Crippen molar-refractivity contribution < 1.29 is 4.79 Å². The average molecular weight is 966 g/mol. The summed E-state index contributed by atoms with van der Waals surface area (Å²) in [5.41, 5.74) is 6.51. The van der Waals surface area contributed by atoms with E-state index in [1.807, 2.05) is 49.4 Å². The minimum atomic E-state index is -0.121. The zero-order valence-corrected chi connectivity index (χ0v) is 39.8. The van der Waals surface area contributed by atoms with Gasteiger partial charge >= 0.3 is 0 Å². The molecule has 10 heterocycles. The molecule has 0 spiro atoms. The van der Waals surface area contributed by atoms with Gasteiger partial charge in [0.25, 0.3) is 0 Å². The molecule has 12 rings (SSSR count). The third kappa shape index (κ3) is 11.7. The van der Waals surface area contributed by atoms with Crippen LogP contribution in [0.25, 0.3) is 55.0 Å². The molecule has 6 N–H and O–H groups in total. The van der Waals surface area contributed by atoms with Crippen LogP contribution in [0.5, 0.6) is 0 Å². The van der Waals surface area contributed by atoms with Gasteiger partial charge in [-0.1, -0.05) is 36.4 Å². The van der Waals surface area contributed by atoms with Gasteiger partial charge in [-0.2, -0.15) is 15.3 Å². The van der Waals surface area contributed by atoms with E-state index in [0.29, 0.717) is 72.2 Å². The number of rotatable bonds is 0. The van der Waals surface area contributed by atoms with Gasteiger partial charge in [0.05, 0.1) is 39.0 Å². The summed E-state index contributed by atoms with van der Waals surface area (Å²) in [6.07, 6.45) is 22.1. The fourth-order valence-corrected chi connectivity index (χ4v) is 6.99. The molecule has 0 fully saturated rings. The first kappa shape index (κ1) is 50.1. The Morgan fingerprint density at radius 1 is 0.472 bits per heavy atom. The van der Waals surface area contributed by atoms with Gasteiger partial charge in [-0.15, -0.1) is 0 Å². The highest BCUT2D eigenvalue weighted by Crippen LogP contribution is 2.21. The van der Waals surface area contributed by atoms with Crippen LogP contribution >= 0.6 is 0 Å². The molecule has 362 valence electrons. The Balaban J connectivity index is 0.000000127. The number of hydrogen-bond donors (Lipinski definition) is 6. The molecule has 1 aliphatic carbocycles. The van der Waals surface area contributed by atoms with Gasteiger partial charge in [0.2, 0.25) is 16.3 Å². The molecule has 0 amide bonds. The highest BCUT2D eigenvalue weighted by Gasteiger charge is 2.28. The van der Waals surface area contributed by atoms with E-state index in [9.17, 15) is 28.8 Å². The number of carbonyl (C=O) groups is 1. The summed E-state index contributed by atoms with van der Waals surface area (Å²) in [6.45, 7) is 10.4. The zero-order valence-electron chi connectivity index (χ0n) is 39.8. The molecule has 1 aromatic carbocycles. The maximum atomic E-state index is 11.6. The molecule has 2 atom stereocenters. The van der Waals surface area contributed by atoms with Gasteiger partial charge in [0.15, 0.2) is 27.9 Å². The van der Waals surface area contributed by atoms with Gasteiger partial charge in [0, 0.05) is 65.5 Å². The number of hydrogen-bond acceptors (Lipinski definition) is 16. The summed E-state index contributed by atoms with van der Waals surface area (Å²) in [5.74, 6) is 0.249. The molecular weight excluding hydrogens is 919 g/mol. The van der Waals surface area contributed by atoms with Gasteiger partial charge in [-0.25, -0.2) is 29.9 Å².